The Morgan fingerprint density at radius 1 is 1.18 bits per heavy atom. The van der Waals surface area contributed by atoms with E-state index < -0.39 is 11.8 Å². The fourth-order valence-electron chi connectivity index (χ4n) is 3.82. The fourth-order valence-corrected chi connectivity index (χ4v) is 3.82. The molecule has 28 heavy (non-hydrogen) atoms. The second kappa shape index (κ2) is 9.01. The number of rotatable bonds is 7. The summed E-state index contributed by atoms with van der Waals surface area (Å²) in [6.45, 7) is 1.86. The molecule has 1 aliphatic carbocycles. The van der Waals surface area contributed by atoms with Crippen LogP contribution in [0, 0.1) is 5.92 Å². The summed E-state index contributed by atoms with van der Waals surface area (Å²) in [5, 5.41) is 15.0. The molecule has 0 saturated heterocycles. The lowest BCUT2D eigenvalue weighted by atomic mass is 9.84. The molecule has 0 radical (unpaired) electrons. The first kappa shape index (κ1) is 20.1. The van der Waals surface area contributed by atoms with Crippen LogP contribution >= 0.6 is 0 Å². The number of para-hydroxylation sites is 1. The van der Waals surface area contributed by atoms with Crippen molar-refractivity contribution in [1.29, 1.82) is 0 Å². The van der Waals surface area contributed by atoms with Crippen LogP contribution in [0.5, 0.6) is 0 Å². The Hall–Kier alpha value is -2.67. The van der Waals surface area contributed by atoms with Gasteiger partial charge < -0.3 is 15.7 Å². The lowest BCUT2D eigenvalue weighted by Gasteiger charge is -2.28. The molecule has 3 amide bonds. The first-order valence-corrected chi connectivity index (χ1v) is 9.88. The zero-order valence-corrected chi connectivity index (χ0v) is 16.1. The van der Waals surface area contributed by atoms with E-state index in [4.69, 9.17) is 5.11 Å². The van der Waals surface area contributed by atoms with E-state index in [-0.39, 0.29) is 30.8 Å². The largest absolute Gasteiger partial charge is 0.395 e. The van der Waals surface area contributed by atoms with E-state index in [9.17, 15) is 14.4 Å². The molecule has 1 saturated carbocycles. The summed E-state index contributed by atoms with van der Waals surface area (Å²) in [6.07, 6.45) is 6.60. The van der Waals surface area contributed by atoms with Gasteiger partial charge in [0.05, 0.1) is 24.4 Å². The van der Waals surface area contributed by atoms with Gasteiger partial charge in [-0.1, -0.05) is 25.5 Å². The van der Waals surface area contributed by atoms with Crippen LogP contribution in [-0.4, -0.2) is 46.9 Å². The average molecular weight is 385 g/mol. The highest BCUT2D eigenvalue weighted by molar-refractivity contribution is 6.17. The summed E-state index contributed by atoms with van der Waals surface area (Å²) >= 11 is 0. The molecule has 150 valence electrons. The Kier molecular flexibility index (Phi) is 6.46. The molecule has 1 fully saturated rings. The Balaban J connectivity index is 1.68. The van der Waals surface area contributed by atoms with Gasteiger partial charge in [0, 0.05) is 12.1 Å². The fraction of sp³-hybridized carbons (Fsp3) is 0.476. The average Bonchev–Trinajstić information content (AvgIpc) is 2.96. The maximum atomic E-state index is 12.8. The maximum absolute atomic E-state index is 12.8. The molecule has 1 aliphatic heterocycles. The van der Waals surface area contributed by atoms with Crippen molar-refractivity contribution in [3.8, 4) is 0 Å². The van der Waals surface area contributed by atoms with Crippen molar-refractivity contribution in [3.05, 3.63) is 41.6 Å². The highest BCUT2D eigenvalue weighted by Crippen LogP contribution is 2.27. The van der Waals surface area contributed by atoms with E-state index in [1.807, 2.05) is 0 Å². The van der Waals surface area contributed by atoms with Gasteiger partial charge in [-0.05, 0) is 43.7 Å². The van der Waals surface area contributed by atoms with Gasteiger partial charge >= 0.3 is 0 Å². The summed E-state index contributed by atoms with van der Waals surface area (Å²) < 4.78 is 0. The number of carbonyl (C=O) groups is 3. The number of benzene rings is 1. The molecule has 2 aliphatic rings. The number of hydrogen-bond donors (Lipinski definition) is 3. The van der Waals surface area contributed by atoms with Crippen molar-refractivity contribution >= 4 is 23.4 Å². The van der Waals surface area contributed by atoms with Crippen molar-refractivity contribution in [1.82, 2.24) is 10.2 Å². The first-order chi connectivity index (χ1) is 13.5. The monoisotopic (exact) mass is 385 g/mol. The number of nitrogens with one attached hydrogen (secondary N) is 2. The predicted octanol–water partition coefficient (Wildman–Crippen LogP) is 2.04. The molecule has 1 heterocycles. The molecular weight excluding hydrogens is 358 g/mol. The van der Waals surface area contributed by atoms with E-state index in [0.717, 1.165) is 36.5 Å². The van der Waals surface area contributed by atoms with Crippen LogP contribution in [0.3, 0.4) is 0 Å². The molecule has 0 atom stereocenters. The van der Waals surface area contributed by atoms with Crippen LogP contribution in [-0.2, 0) is 9.59 Å². The number of aliphatic hydroxyl groups excluding tert-OH is 1. The Bertz CT molecular complexity index is 782. The number of anilines is 1. The van der Waals surface area contributed by atoms with Gasteiger partial charge in [0.2, 0.25) is 0 Å². The smallest absolute Gasteiger partial charge is 0.277 e. The molecule has 0 aromatic heterocycles. The van der Waals surface area contributed by atoms with Crippen LogP contribution in [0.4, 0.5) is 5.69 Å². The first-order valence-electron chi connectivity index (χ1n) is 9.88. The quantitative estimate of drug-likeness (QED) is 0.624. The third-order valence-corrected chi connectivity index (χ3v) is 5.53. The van der Waals surface area contributed by atoms with E-state index in [1.165, 1.54) is 12.5 Å². The van der Waals surface area contributed by atoms with E-state index in [1.54, 1.807) is 24.3 Å². The Morgan fingerprint density at radius 3 is 2.57 bits per heavy atom. The molecule has 7 heteroatoms. The molecular formula is C21H27N3O4. The Morgan fingerprint density at radius 2 is 1.89 bits per heavy atom. The third-order valence-electron chi connectivity index (χ3n) is 5.53. The lowest BCUT2D eigenvalue weighted by molar-refractivity contribution is -0.137. The maximum Gasteiger partial charge on any atom is 0.277 e. The summed E-state index contributed by atoms with van der Waals surface area (Å²) in [5.41, 5.74) is 1.00. The van der Waals surface area contributed by atoms with Crippen LogP contribution in [0.1, 0.15) is 49.4 Å². The zero-order chi connectivity index (χ0) is 20.1. The number of imide groups is 1. The Labute approximate surface area is 164 Å². The third kappa shape index (κ3) is 4.42. The van der Waals surface area contributed by atoms with E-state index in [0.29, 0.717) is 11.3 Å². The zero-order valence-electron chi connectivity index (χ0n) is 16.1. The molecule has 0 bridgehead atoms. The normalized spacial score (nSPS) is 22.2. The summed E-state index contributed by atoms with van der Waals surface area (Å²) in [7, 11) is 0. The SMILES string of the molecule is CCC1CCC(NC(=O)c2ccccc2NC2=CC(=O)N(CCO)C2=O)CC1. The predicted molar refractivity (Wildman–Crippen MR) is 105 cm³/mol. The van der Waals surface area contributed by atoms with Crippen molar-refractivity contribution < 1.29 is 19.5 Å². The van der Waals surface area contributed by atoms with Crippen molar-refractivity contribution in [3.63, 3.8) is 0 Å². The molecule has 7 nitrogen and oxygen atoms in total. The number of nitrogens with zero attached hydrogens (tertiary/aromatic N) is 1. The van der Waals surface area contributed by atoms with Gasteiger partial charge in [-0.2, -0.15) is 0 Å². The van der Waals surface area contributed by atoms with Crippen LogP contribution < -0.4 is 10.6 Å². The highest BCUT2D eigenvalue weighted by Gasteiger charge is 2.31. The van der Waals surface area contributed by atoms with Gasteiger partial charge in [-0.3, -0.25) is 19.3 Å². The summed E-state index contributed by atoms with van der Waals surface area (Å²) in [4.78, 5) is 38.0. The van der Waals surface area contributed by atoms with Crippen LogP contribution in [0.15, 0.2) is 36.0 Å². The number of aliphatic hydroxyl groups is 1. The topological polar surface area (TPSA) is 98.7 Å². The molecule has 3 rings (SSSR count). The molecule has 0 spiro atoms. The lowest BCUT2D eigenvalue weighted by Crippen LogP contribution is -2.38. The number of amides is 3. The molecule has 1 aromatic carbocycles. The van der Waals surface area contributed by atoms with E-state index >= 15 is 0 Å². The molecule has 0 unspecified atom stereocenters. The van der Waals surface area contributed by atoms with Gasteiger partial charge in [-0.15, -0.1) is 0 Å². The standard InChI is InChI=1S/C21H27N3O4/c1-2-14-7-9-15(10-8-14)22-20(27)16-5-3-4-6-17(16)23-18-13-19(26)24(11-12-25)21(18)28/h3-6,13-15,23,25H,2,7-12H2,1H3,(H,22,27). The van der Waals surface area contributed by atoms with Crippen molar-refractivity contribution in [2.24, 2.45) is 5.92 Å². The molecule has 1 aromatic rings. The highest BCUT2D eigenvalue weighted by atomic mass is 16.3. The van der Waals surface area contributed by atoms with Crippen molar-refractivity contribution in [2.45, 2.75) is 45.1 Å². The summed E-state index contributed by atoms with van der Waals surface area (Å²) in [5.74, 6) is -0.419. The minimum atomic E-state index is -0.507. The van der Waals surface area contributed by atoms with Gasteiger partial charge in [0.1, 0.15) is 5.70 Å². The van der Waals surface area contributed by atoms with Crippen LogP contribution in [0.2, 0.25) is 0 Å². The van der Waals surface area contributed by atoms with Crippen LogP contribution in [0.25, 0.3) is 0 Å². The molecule has 3 N–H and O–H groups in total. The van der Waals surface area contributed by atoms with Gasteiger partial charge in [0.25, 0.3) is 17.7 Å². The minimum Gasteiger partial charge on any atom is -0.395 e. The van der Waals surface area contributed by atoms with E-state index in [2.05, 4.69) is 17.6 Å². The van der Waals surface area contributed by atoms with Gasteiger partial charge in [0.15, 0.2) is 0 Å². The number of hydrogen-bond acceptors (Lipinski definition) is 5. The second-order valence-electron chi connectivity index (χ2n) is 7.35. The second-order valence-corrected chi connectivity index (χ2v) is 7.35. The van der Waals surface area contributed by atoms with Gasteiger partial charge in [-0.25, -0.2) is 0 Å². The van der Waals surface area contributed by atoms with Crippen molar-refractivity contribution in [2.75, 3.05) is 18.5 Å². The number of carbonyl (C=O) groups excluding carboxylic acids is 3. The number of β-amino-alcohol motifs (C(OH)–C–C–N with tert-alkyl or cyclic N) is 1. The minimum absolute atomic E-state index is 0.0537. The summed E-state index contributed by atoms with van der Waals surface area (Å²) in [6, 6.07) is 7.09.